The summed E-state index contributed by atoms with van der Waals surface area (Å²) < 4.78 is 45.1. The molecule has 0 saturated carbocycles. The monoisotopic (exact) mass is 448 g/mol. The number of halogens is 3. The van der Waals surface area contributed by atoms with Gasteiger partial charge in [-0.3, -0.25) is 0 Å². The van der Waals surface area contributed by atoms with Crippen molar-refractivity contribution in [2.75, 3.05) is 14.2 Å². The van der Waals surface area contributed by atoms with E-state index >= 15 is 0 Å². The summed E-state index contributed by atoms with van der Waals surface area (Å²) in [5.41, 5.74) is 1.85. The molecule has 0 heterocycles. The Hall–Kier alpha value is -4.00. The van der Waals surface area contributed by atoms with E-state index in [9.17, 15) is 18.0 Å². The minimum absolute atomic E-state index is 0.0123. The minimum Gasteiger partial charge on any atom is -0.464 e. The van der Waals surface area contributed by atoms with Gasteiger partial charge >= 0.3 is 12.3 Å². The largest absolute Gasteiger partial charge is 0.573 e. The molecule has 0 saturated heterocycles. The standard InChI is InChI=1S/C22H19F3N2O5/c1-15(8-9-16-10-12-18(13-11-16)32-22(23,24)25)26-31-14-17-6-4-5-7-19(17)20(27-30-3)21(28)29-2/h4-7,10-13H,14H2,1-3H3/b26-15+,27-20+. The van der Waals surface area contributed by atoms with Crippen LogP contribution in [0.4, 0.5) is 13.2 Å². The second-order valence-electron chi connectivity index (χ2n) is 6.04. The van der Waals surface area contributed by atoms with E-state index in [0.29, 0.717) is 22.4 Å². The van der Waals surface area contributed by atoms with Gasteiger partial charge in [-0.2, -0.15) is 0 Å². The van der Waals surface area contributed by atoms with Gasteiger partial charge in [0.15, 0.2) is 5.71 Å². The number of ether oxygens (including phenoxy) is 2. The van der Waals surface area contributed by atoms with E-state index in [0.717, 1.165) is 12.1 Å². The molecule has 0 atom stereocenters. The molecule has 0 aliphatic heterocycles. The van der Waals surface area contributed by atoms with Gasteiger partial charge in [0.2, 0.25) is 0 Å². The average Bonchev–Trinajstić information content (AvgIpc) is 2.76. The smallest absolute Gasteiger partial charge is 0.464 e. The molecule has 0 fully saturated rings. The van der Waals surface area contributed by atoms with Gasteiger partial charge in [0.1, 0.15) is 25.2 Å². The first-order valence-corrected chi connectivity index (χ1v) is 9.05. The van der Waals surface area contributed by atoms with Crippen LogP contribution in [0.15, 0.2) is 58.8 Å². The number of rotatable bonds is 7. The van der Waals surface area contributed by atoms with Crippen LogP contribution in [0.3, 0.4) is 0 Å². The van der Waals surface area contributed by atoms with E-state index in [1.54, 1.807) is 31.2 Å². The highest BCUT2D eigenvalue weighted by atomic mass is 19.4. The van der Waals surface area contributed by atoms with Gasteiger partial charge in [0.25, 0.3) is 0 Å². The maximum Gasteiger partial charge on any atom is 0.573 e. The van der Waals surface area contributed by atoms with Crippen LogP contribution in [0.5, 0.6) is 5.75 Å². The van der Waals surface area contributed by atoms with Crippen LogP contribution < -0.4 is 4.74 Å². The van der Waals surface area contributed by atoms with Crippen molar-refractivity contribution in [2.24, 2.45) is 10.3 Å². The van der Waals surface area contributed by atoms with Crippen molar-refractivity contribution < 1.29 is 37.1 Å². The fourth-order valence-electron chi connectivity index (χ4n) is 2.39. The van der Waals surface area contributed by atoms with E-state index in [1.165, 1.54) is 26.4 Å². The zero-order valence-corrected chi connectivity index (χ0v) is 17.4. The predicted molar refractivity (Wildman–Crippen MR) is 110 cm³/mol. The summed E-state index contributed by atoms with van der Waals surface area (Å²) in [4.78, 5) is 22.0. The van der Waals surface area contributed by atoms with Crippen molar-refractivity contribution in [3.8, 4) is 17.6 Å². The minimum atomic E-state index is -4.75. The van der Waals surface area contributed by atoms with Crippen molar-refractivity contribution in [3.05, 3.63) is 65.2 Å². The van der Waals surface area contributed by atoms with Crippen molar-refractivity contribution in [2.45, 2.75) is 19.9 Å². The molecular formula is C22H19F3N2O5. The molecule has 2 aromatic carbocycles. The number of carbonyl (C=O) groups is 1. The van der Waals surface area contributed by atoms with Gasteiger partial charge in [0, 0.05) is 16.7 Å². The molecule has 0 aliphatic rings. The SMILES string of the molecule is CO/N=C(/C(=O)OC)c1ccccc1CO/N=C(\C)C#Cc1ccc(OC(F)(F)F)cc1. The lowest BCUT2D eigenvalue weighted by atomic mass is 10.0. The highest BCUT2D eigenvalue weighted by molar-refractivity contribution is 6.43. The molecule has 0 radical (unpaired) electrons. The van der Waals surface area contributed by atoms with Gasteiger partial charge in [-0.05, 0) is 37.1 Å². The number of oxime groups is 2. The van der Waals surface area contributed by atoms with Crippen LogP contribution >= 0.6 is 0 Å². The lowest BCUT2D eigenvalue weighted by molar-refractivity contribution is -0.274. The van der Waals surface area contributed by atoms with Gasteiger partial charge in [-0.25, -0.2) is 4.79 Å². The zero-order valence-electron chi connectivity index (χ0n) is 17.4. The fourth-order valence-corrected chi connectivity index (χ4v) is 2.39. The van der Waals surface area contributed by atoms with Gasteiger partial charge in [-0.1, -0.05) is 40.5 Å². The molecule has 10 heteroatoms. The van der Waals surface area contributed by atoms with Gasteiger partial charge < -0.3 is 19.1 Å². The van der Waals surface area contributed by atoms with Crippen LogP contribution in [0, 0.1) is 11.8 Å². The van der Waals surface area contributed by atoms with Crippen molar-refractivity contribution >= 4 is 17.4 Å². The van der Waals surface area contributed by atoms with Crippen LogP contribution in [0.1, 0.15) is 23.6 Å². The quantitative estimate of drug-likeness (QED) is 0.276. The summed E-state index contributed by atoms with van der Waals surface area (Å²) >= 11 is 0. The second-order valence-corrected chi connectivity index (χ2v) is 6.04. The van der Waals surface area contributed by atoms with Crippen LogP contribution in [0.2, 0.25) is 0 Å². The normalized spacial score (nSPS) is 11.8. The number of esters is 1. The Kier molecular flexibility index (Phi) is 8.65. The van der Waals surface area contributed by atoms with Crippen molar-refractivity contribution in [1.82, 2.24) is 0 Å². The van der Waals surface area contributed by atoms with Gasteiger partial charge in [-0.15, -0.1) is 13.2 Å². The molecule has 0 aliphatic carbocycles. The summed E-state index contributed by atoms with van der Waals surface area (Å²) in [5, 5.41) is 7.61. The third-order valence-corrected chi connectivity index (χ3v) is 3.73. The number of hydrogen-bond donors (Lipinski definition) is 0. The van der Waals surface area contributed by atoms with Crippen molar-refractivity contribution in [1.29, 1.82) is 0 Å². The average molecular weight is 448 g/mol. The van der Waals surface area contributed by atoms with Crippen LogP contribution in [-0.2, 0) is 25.8 Å². The third-order valence-electron chi connectivity index (χ3n) is 3.73. The number of hydrogen-bond acceptors (Lipinski definition) is 7. The summed E-state index contributed by atoms with van der Waals surface area (Å²) in [7, 11) is 2.54. The highest BCUT2D eigenvalue weighted by Crippen LogP contribution is 2.22. The molecular weight excluding hydrogens is 429 g/mol. The Morgan fingerprint density at radius 3 is 2.34 bits per heavy atom. The van der Waals surface area contributed by atoms with Crippen LogP contribution in [0.25, 0.3) is 0 Å². The summed E-state index contributed by atoms with van der Waals surface area (Å²) in [5.74, 6) is 4.49. The second kappa shape index (κ2) is 11.4. The molecule has 0 amide bonds. The topological polar surface area (TPSA) is 78.7 Å². The summed E-state index contributed by atoms with van der Waals surface area (Å²) in [6, 6.07) is 12.0. The maximum atomic E-state index is 12.2. The Bertz CT molecular complexity index is 1050. The summed E-state index contributed by atoms with van der Waals surface area (Å²) in [6.45, 7) is 1.62. The van der Waals surface area contributed by atoms with E-state index in [1.807, 2.05) is 0 Å². The lowest BCUT2D eigenvalue weighted by Crippen LogP contribution is -2.19. The Morgan fingerprint density at radius 2 is 1.72 bits per heavy atom. The van der Waals surface area contributed by atoms with E-state index < -0.39 is 12.3 Å². The fraction of sp³-hybridized carbons (Fsp3) is 0.227. The molecule has 0 bridgehead atoms. The van der Waals surface area contributed by atoms with E-state index in [2.05, 4.69) is 26.9 Å². The number of nitrogens with zero attached hydrogens (tertiary/aromatic N) is 2. The Morgan fingerprint density at radius 1 is 1.03 bits per heavy atom. The first-order valence-electron chi connectivity index (χ1n) is 9.05. The number of benzene rings is 2. The first kappa shape index (κ1) is 24.3. The van der Waals surface area contributed by atoms with E-state index in [-0.39, 0.29) is 18.1 Å². The van der Waals surface area contributed by atoms with Gasteiger partial charge in [0.05, 0.1) is 7.11 Å². The highest BCUT2D eigenvalue weighted by Gasteiger charge is 2.30. The van der Waals surface area contributed by atoms with E-state index in [4.69, 9.17) is 14.4 Å². The Balaban J connectivity index is 2.06. The molecule has 7 nitrogen and oxygen atoms in total. The Labute approximate surface area is 182 Å². The maximum absolute atomic E-state index is 12.2. The van der Waals surface area contributed by atoms with Crippen molar-refractivity contribution in [3.63, 3.8) is 0 Å². The molecule has 2 aromatic rings. The van der Waals surface area contributed by atoms with Crippen LogP contribution in [-0.4, -0.2) is 38.0 Å². The predicted octanol–water partition coefficient (Wildman–Crippen LogP) is 4.05. The number of methoxy groups -OCH3 is 1. The molecule has 0 aromatic heterocycles. The third kappa shape index (κ3) is 7.68. The summed E-state index contributed by atoms with van der Waals surface area (Å²) in [6.07, 6.45) is -4.75. The molecule has 0 unspecified atom stereocenters. The zero-order chi connectivity index (χ0) is 23.6. The molecule has 0 spiro atoms. The molecule has 0 N–H and O–H groups in total. The first-order chi connectivity index (χ1) is 15.2. The lowest BCUT2D eigenvalue weighted by Gasteiger charge is -2.09. The molecule has 32 heavy (non-hydrogen) atoms. The number of carbonyl (C=O) groups excluding carboxylic acids is 1. The molecule has 168 valence electrons. The molecule has 2 rings (SSSR count). The number of alkyl halides is 3.